The van der Waals surface area contributed by atoms with Crippen molar-refractivity contribution >= 4 is 34.2 Å². The Kier molecular flexibility index (Phi) is 5.02. The summed E-state index contributed by atoms with van der Waals surface area (Å²) < 4.78 is 32.3. The number of amides is 2. The van der Waals surface area contributed by atoms with Crippen LogP contribution in [0.15, 0.2) is 71.1 Å². The molecule has 1 heterocycles. The molecule has 2 amide bonds. The van der Waals surface area contributed by atoms with Gasteiger partial charge in [0.15, 0.2) is 11.6 Å². The van der Waals surface area contributed by atoms with Crippen LogP contribution in [-0.4, -0.2) is 11.8 Å². The molecule has 0 saturated heterocycles. The van der Waals surface area contributed by atoms with E-state index in [1.165, 1.54) is 6.07 Å². The van der Waals surface area contributed by atoms with Gasteiger partial charge in [-0.05, 0) is 42.8 Å². The van der Waals surface area contributed by atoms with E-state index in [1.807, 2.05) is 6.07 Å². The molecule has 4 aromatic rings. The summed E-state index contributed by atoms with van der Waals surface area (Å²) in [7, 11) is 0. The van der Waals surface area contributed by atoms with Crippen LogP contribution in [0.3, 0.4) is 0 Å². The highest BCUT2D eigenvalue weighted by Crippen LogP contribution is 2.32. The fourth-order valence-corrected chi connectivity index (χ4v) is 3.10. The second-order valence-electron chi connectivity index (χ2n) is 6.65. The molecule has 4 rings (SSSR count). The van der Waals surface area contributed by atoms with Crippen molar-refractivity contribution in [3.8, 4) is 0 Å². The van der Waals surface area contributed by atoms with Crippen molar-refractivity contribution in [3.63, 3.8) is 0 Å². The molecule has 0 spiro atoms. The minimum absolute atomic E-state index is 0.0514. The molecule has 0 saturated carbocycles. The third kappa shape index (κ3) is 3.65. The minimum atomic E-state index is -1.09. The number of halogens is 2. The number of rotatable bonds is 4. The molecule has 3 aromatic carbocycles. The first-order valence-electron chi connectivity index (χ1n) is 9.09. The van der Waals surface area contributed by atoms with E-state index in [4.69, 9.17) is 4.42 Å². The first kappa shape index (κ1) is 19.3. The molecular formula is C23H16F2N2O3. The van der Waals surface area contributed by atoms with Crippen molar-refractivity contribution in [2.45, 2.75) is 6.92 Å². The van der Waals surface area contributed by atoms with Crippen LogP contribution in [0.25, 0.3) is 11.0 Å². The fourth-order valence-electron chi connectivity index (χ4n) is 3.10. The van der Waals surface area contributed by atoms with E-state index in [2.05, 4.69) is 10.6 Å². The van der Waals surface area contributed by atoms with Gasteiger partial charge in [0.1, 0.15) is 11.3 Å². The lowest BCUT2D eigenvalue weighted by Crippen LogP contribution is -2.18. The van der Waals surface area contributed by atoms with Crippen molar-refractivity contribution < 1.29 is 22.8 Å². The largest absolute Gasteiger partial charge is 0.449 e. The van der Waals surface area contributed by atoms with Crippen molar-refractivity contribution in [2.24, 2.45) is 0 Å². The average Bonchev–Trinajstić information content (AvgIpc) is 3.09. The summed E-state index contributed by atoms with van der Waals surface area (Å²) in [6, 6.07) is 16.9. The summed E-state index contributed by atoms with van der Waals surface area (Å²) in [4.78, 5) is 25.6. The first-order chi connectivity index (χ1) is 14.4. The molecular weight excluding hydrogens is 390 g/mol. The number of carbonyl (C=O) groups excluding carboxylic acids is 2. The summed E-state index contributed by atoms with van der Waals surface area (Å²) >= 11 is 0. The van der Waals surface area contributed by atoms with Gasteiger partial charge in [-0.1, -0.05) is 30.3 Å². The molecule has 5 nitrogen and oxygen atoms in total. The zero-order valence-corrected chi connectivity index (χ0v) is 15.8. The maximum absolute atomic E-state index is 13.5. The number of hydrogen-bond donors (Lipinski definition) is 2. The Morgan fingerprint density at radius 3 is 2.33 bits per heavy atom. The van der Waals surface area contributed by atoms with Gasteiger partial charge in [0.25, 0.3) is 11.8 Å². The standard InChI is InChI=1S/C23H16F2N2O3/c1-13-6-2-3-7-15(13)22(28)27-20-16-8-4-5-9-19(16)30-21(20)23(29)26-14-10-11-17(24)18(25)12-14/h2-12H,1H3,(H,26,29)(H,27,28). The third-order valence-corrected chi connectivity index (χ3v) is 4.61. The molecule has 150 valence electrons. The van der Waals surface area contributed by atoms with Gasteiger partial charge in [0.05, 0.1) is 0 Å². The number of furan rings is 1. The van der Waals surface area contributed by atoms with Crippen molar-refractivity contribution in [2.75, 3.05) is 10.6 Å². The monoisotopic (exact) mass is 406 g/mol. The average molecular weight is 406 g/mol. The summed E-state index contributed by atoms with van der Waals surface area (Å²) in [5.41, 5.74) is 1.87. The highest BCUT2D eigenvalue weighted by atomic mass is 19.2. The lowest BCUT2D eigenvalue weighted by atomic mass is 10.1. The molecule has 0 radical (unpaired) electrons. The number of hydrogen-bond acceptors (Lipinski definition) is 3. The molecule has 0 bridgehead atoms. The van der Waals surface area contributed by atoms with Crippen LogP contribution in [0, 0.1) is 18.6 Å². The van der Waals surface area contributed by atoms with E-state index in [9.17, 15) is 18.4 Å². The second-order valence-corrected chi connectivity index (χ2v) is 6.65. The number of aryl methyl sites for hydroxylation is 1. The molecule has 30 heavy (non-hydrogen) atoms. The predicted molar refractivity (Wildman–Crippen MR) is 110 cm³/mol. The molecule has 1 aromatic heterocycles. The smallest absolute Gasteiger partial charge is 0.293 e. The van der Waals surface area contributed by atoms with E-state index in [0.717, 1.165) is 17.7 Å². The van der Waals surface area contributed by atoms with Gasteiger partial charge in [-0.15, -0.1) is 0 Å². The summed E-state index contributed by atoms with van der Waals surface area (Å²) in [5, 5.41) is 5.75. The highest BCUT2D eigenvalue weighted by Gasteiger charge is 2.23. The van der Waals surface area contributed by atoms with Gasteiger partial charge in [0, 0.05) is 22.7 Å². The zero-order valence-electron chi connectivity index (χ0n) is 15.8. The van der Waals surface area contributed by atoms with Crippen LogP contribution in [0.2, 0.25) is 0 Å². The summed E-state index contributed by atoms with van der Waals surface area (Å²) in [6.45, 7) is 1.80. The Bertz CT molecular complexity index is 1280. The number of anilines is 2. The normalized spacial score (nSPS) is 10.8. The summed E-state index contributed by atoms with van der Waals surface area (Å²) in [6.07, 6.45) is 0. The Morgan fingerprint density at radius 1 is 0.833 bits per heavy atom. The van der Waals surface area contributed by atoms with E-state index in [1.54, 1.807) is 49.4 Å². The first-order valence-corrected chi connectivity index (χ1v) is 9.09. The molecule has 0 fully saturated rings. The van der Waals surface area contributed by atoms with Crippen LogP contribution in [0.1, 0.15) is 26.5 Å². The van der Waals surface area contributed by atoms with Gasteiger partial charge in [-0.2, -0.15) is 0 Å². The quantitative estimate of drug-likeness (QED) is 0.469. The third-order valence-electron chi connectivity index (χ3n) is 4.61. The van der Waals surface area contributed by atoms with Crippen molar-refractivity contribution in [3.05, 3.63) is 95.3 Å². The Labute approximate surface area is 170 Å². The second kappa shape index (κ2) is 7.79. The molecule has 0 aliphatic carbocycles. The minimum Gasteiger partial charge on any atom is -0.449 e. The topological polar surface area (TPSA) is 71.3 Å². The maximum Gasteiger partial charge on any atom is 0.293 e. The molecule has 0 aliphatic rings. The lowest BCUT2D eigenvalue weighted by Gasteiger charge is -2.09. The van der Waals surface area contributed by atoms with Crippen molar-refractivity contribution in [1.82, 2.24) is 0 Å². The van der Waals surface area contributed by atoms with Crippen LogP contribution < -0.4 is 10.6 Å². The van der Waals surface area contributed by atoms with Crippen molar-refractivity contribution in [1.29, 1.82) is 0 Å². The van der Waals surface area contributed by atoms with Gasteiger partial charge in [-0.3, -0.25) is 9.59 Å². The van der Waals surface area contributed by atoms with Crippen LogP contribution in [0.5, 0.6) is 0 Å². The number of carbonyl (C=O) groups is 2. The van der Waals surface area contributed by atoms with E-state index in [0.29, 0.717) is 16.5 Å². The predicted octanol–water partition coefficient (Wildman–Crippen LogP) is 5.52. The van der Waals surface area contributed by atoms with Gasteiger partial charge in [0.2, 0.25) is 5.76 Å². The molecule has 0 atom stereocenters. The van der Waals surface area contributed by atoms with Crippen LogP contribution in [-0.2, 0) is 0 Å². The van der Waals surface area contributed by atoms with Crippen LogP contribution in [0.4, 0.5) is 20.2 Å². The number of nitrogens with one attached hydrogen (secondary N) is 2. The number of para-hydroxylation sites is 1. The molecule has 0 aliphatic heterocycles. The van der Waals surface area contributed by atoms with Crippen LogP contribution >= 0.6 is 0 Å². The molecule has 0 unspecified atom stereocenters. The van der Waals surface area contributed by atoms with E-state index >= 15 is 0 Å². The lowest BCUT2D eigenvalue weighted by molar-refractivity contribution is 0.0999. The van der Waals surface area contributed by atoms with Gasteiger partial charge in [-0.25, -0.2) is 8.78 Å². The van der Waals surface area contributed by atoms with E-state index < -0.39 is 23.4 Å². The Balaban J connectivity index is 1.71. The Morgan fingerprint density at radius 2 is 1.57 bits per heavy atom. The highest BCUT2D eigenvalue weighted by molar-refractivity contribution is 6.17. The molecule has 2 N–H and O–H groups in total. The Hall–Kier alpha value is -4.00. The van der Waals surface area contributed by atoms with Gasteiger partial charge < -0.3 is 15.1 Å². The molecule has 7 heteroatoms. The maximum atomic E-state index is 13.5. The zero-order chi connectivity index (χ0) is 21.3. The fraction of sp³-hybridized carbons (Fsp3) is 0.0435. The van der Waals surface area contributed by atoms with Gasteiger partial charge >= 0.3 is 0 Å². The summed E-state index contributed by atoms with van der Waals surface area (Å²) in [5.74, 6) is -3.38. The number of benzene rings is 3. The SMILES string of the molecule is Cc1ccccc1C(=O)Nc1c(C(=O)Nc2ccc(F)c(F)c2)oc2ccccc12. The van der Waals surface area contributed by atoms with E-state index in [-0.39, 0.29) is 17.1 Å². The number of fused-ring (bicyclic) bond motifs is 1.